The Kier molecular flexibility index (Phi) is 5.11. The molecule has 0 unspecified atom stereocenters. The van der Waals surface area contributed by atoms with E-state index in [-0.39, 0.29) is 11.5 Å². The van der Waals surface area contributed by atoms with E-state index in [2.05, 4.69) is 38.4 Å². The first kappa shape index (κ1) is 16.9. The van der Waals surface area contributed by atoms with Gasteiger partial charge in [0.15, 0.2) is 5.78 Å². The van der Waals surface area contributed by atoms with Gasteiger partial charge in [-0.2, -0.15) is 4.68 Å². The topological polar surface area (TPSA) is 60.7 Å². The van der Waals surface area contributed by atoms with Crippen LogP contribution in [0.1, 0.15) is 21.5 Å². The standard InChI is InChI=1S/C17H15BrN4OS/c1-11-6-7-15(8-12(11)2)22-17(19-20-21-22)24-10-16(23)13-4-3-5-14(18)9-13/h3-9H,10H2,1-2H3. The zero-order chi connectivity index (χ0) is 17.1. The number of hydrogen-bond acceptors (Lipinski definition) is 5. The smallest absolute Gasteiger partial charge is 0.214 e. The quantitative estimate of drug-likeness (QED) is 0.476. The van der Waals surface area contributed by atoms with E-state index in [1.54, 1.807) is 10.7 Å². The van der Waals surface area contributed by atoms with Gasteiger partial charge in [-0.25, -0.2) is 0 Å². The van der Waals surface area contributed by atoms with Gasteiger partial charge >= 0.3 is 0 Å². The molecule has 122 valence electrons. The van der Waals surface area contributed by atoms with Crippen LogP contribution >= 0.6 is 27.7 Å². The van der Waals surface area contributed by atoms with Gasteiger partial charge in [-0.05, 0) is 59.7 Å². The molecule has 0 saturated carbocycles. The molecule has 0 fully saturated rings. The summed E-state index contributed by atoms with van der Waals surface area (Å²) in [5.41, 5.74) is 3.94. The van der Waals surface area contributed by atoms with E-state index in [1.165, 1.54) is 22.9 Å². The fourth-order valence-corrected chi connectivity index (χ4v) is 3.35. The fraction of sp³-hybridized carbons (Fsp3) is 0.176. The molecule has 0 bridgehead atoms. The molecule has 0 aliphatic carbocycles. The summed E-state index contributed by atoms with van der Waals surface area (Å²) in [6.45, 7) is 4.11. The first-order chi connectivity index (χ1) is 11.5. The summed E-state index contributed by atoms with van der Waals surface area (Å²) in [5, 5.41) is 12.4. The molecule has 1 heterocycles. The van der Waals surface area contributed by atoms with Crippen molar-refractivity contribution in [2.24, 2.45) is 0 Å². The second kappa shape index (κ2) is 7.27. The average Bonchev–Trinajstić information content (AvgIpc) is 3.03. The number of nitrogens with zero attached hydrogens (tertiary/aromatic N) is 4. The predicted octanol–water partition coefficient (Wildman–Crippen LogP) is 4.02. The Morgan fingerprint density at radius 2 is 2.00 bits per heavy atom. The van der Waals surface area contributed by atoms with Gasteiger partial charge in [-0.3, -0.25) is 4.79 Å². The van der Waals surface area contributed by atoms with E-state index < -0.39 is 0 Å². The number of benzene rings is 2. The van der Waals surface area contributed by atoms with Crippen molar-refractivity contribution in [3.63, 3.8) is 0 Å². The van der Waals surface area contributed by atoms with Crippen molar-refractivity contribution in [3.05, 3.63) is 63.6 Å². The molecule has 0 aliphatic rings. The highest BCUT2D eigenvalue weighted by molar-refractivity contribution is 9.10. The van der Waals surface area contributed by atoms with Crippen molar-refractivity contribution in [2.45, 2.75) is 19.0 Å². The van der Waals surface area contributed by atoms with E-state index in [0.29, 0.717) is 10.7 Å². The molecule has 0 saturated heterocycles. The highest BCUT2D eigenvalue weighted by Gasteiger charge is 2.13. The summed E-state index contributed by atoms with van der Waals surface area (Å²) >= 11 is 4.71. The summed E-state index contributed by atoms with van der Waals surface area (Å²) < 4.78 is 2.55. The van der Waals surface area contributed by atoms with Crippen LogP contribution in [0.2, 0.25) is 0 Å². The number of tetrazole rings is 1. The zero-order valence-electron chi connectivity index (χ0n) is 13.2. The number of Topliss-reactive ketones (excluding diaryl/α,β-unsaturated/α-hetero) is 1. The lowest BCUT2D eigenvalue weighted by molar-refractivity contribution is 0.102. The van der Waals surface area contributed by atoms with E-state index in [9.17, 15) is 4.79 Å². The normalized spacial score (nSPS) is 10.8. The number of ketones is 1. The number of hydrogen-bond donors (Lipinski definition) is 0. The minimum Gasteiger partial charge on any atom is -0.293 e. The van der Waals surface area contributed by atoms with Gasteiger partial charge in [0, 0.05) is 10.0 Å². The summed E-state index contributed by atoms with van der Waals surface area (Å²) in [6, 6.07) is 13.4. The van der Waals surface area contributed by atoms with Gasteiger partial charge in [0.1, 0.15) is 0 Å². The Labute approximate surface area is 152 Å². The third kappa shape index (κ3) is 3.73. The molecule has 0 aliphatic heterocycles. The first-order valence-corrected chi connectivity index (χ1v) is 9.10. The molecule has 0 radical (unpaired) electrons. The van der Waals surface area contributed by atoms with Crippen LogP contribution in [0.15, 0.2) is 52.1 Å². The number of carbonyl (C=O) groups is 1. The maximum absolute atomic E-state index is 12.3. The summed E-state index contributed by atoms with van der Waals surface area (Å²) in [7, 11) is 0. The number of thioether (sulfide) groups is 1. The molecule has 24 heavy (non-hydrogen) atoms. The molecule has 3 aromatic rings. The molecule has 0 spiro atoms. The zero-order valence-corrected chi connectivity index (χ0v) is 15.6. The Morgan fingerprint density at radius 1 is 1.17 bits per heavy atom. The van der Waals surface area contributed by atoms with Crippen LogP contribution in [0, 0.1) is 13.8 Å². The van der Waals surface area contributed by atoms with Gasteiger partial charge in [0.25, 0.3) is 0 Å². The van der Waals surface area contributed by atoms with Gasteiger partial charge in [0.05, 0.1) is 11.4 Å². The van der Waals surface area contributed by atoms with Crippen molar-refractivity contribution in [1.82, 2.24) is 20.2 Å². The Balaban J connectivity index is 1.76. The second-order valence-corrected chi connectivity index (χ2v) is 7.22. The molecule has 0 atom stereocenters. The highest BCUT2D eigenvalue weighted by Crippen LogP contribution is 2.21. The number of carbonyl (C=O) groups excluding carboxylic acids is 1. The van der Waals surface area contributed by atoms with Crippen LogP contribution in [0.3, 0.4) is 0 Å². The molecule has 2 aromatic carbocycles. The van der Waals surface area contributed by atoms with Crippen molar-refractivity contribution >= 4 is 33.5 Å². The molecule has 3 rings (SSSR count). The van der Waals surface area contributed by atoms with Crippen LogP contribution in [0.25, 0.3) is 5.69 Å². The van der Waals surface area contributed by atoms with Crippen LogP contribution in [-0.2, 0) is 0 Å². The summed E-state index contributed by atoms with van der Waals surface area (Å²) in [6.07, 6.45) is 0. The molecule has 1 aromatic heterocycles. The molecule has 7 heteroatoms. The van der Waals surface area contributed by atoms with Crippen molar-refractivity contribution in [2.75, 3.05) is 5.75 Å². The second-order valence-electron chi connectivity index (χ2n) is 5.36. The lowest BCUT2D eigenvalue weighted by Crippen LogP contribution is -2.05. The molecular weight excluding hydrogens is 388 g/mol. The van der Waals surface area contributed by atoms with Crippen LogP contribution in [0.4, 0.5) is 0 Å². The molecule has 0 amide bonds. The van der Waals surface area contributed by atoms with Gasteiger partial charge < -0.3 is 0 Å². The Morgan fingerprint density at radius 3 is 2.75 bits per heavy atom. The van der Waals surface area contributed by atoms with Gasteiger partial charge in [-0.15, -0.1) is 5.10 Å². The molecule has 5 nitrogen and oxygen atoms in total. The maximum Gasteiger partial charge on any atom is 0.214 e. The van der Waals surface area contributed by atoms with Crippen molar-refractivity contribution in [3.8, 4) is 5.69 Å². The summed E-state index contributed by atoms with van der Waals surface area (Å²) in [5.74, 6) is 0.317. The van der Waals surface area contributed by atoms with Gasteiger partial charge in [-0.1, -0.05) is 45.9 Å². The Hall–Kier alpha value is -1.99. The van der Waals surface area contributed by atoms with E-state index >= 15 is 0 Å². The molecular formula is C17H15BrN4OS. The number of aryl methyl sites for hydroxylation is 2. The van der Waals surface area contributed by atoms with Crippen LogP contribution in [-0.4, -0.2) is 31.7 Å². The highest BCUT2D eigenvalue weighted by atomic mass is 79.9. The number of halogens is 1. The largest absolute Gasteiger partial charge is 0.293 e. The van der Waals surface area contributed by atoms with Gasteiger partial charge in [0.2, 0.25) is 5.16 Å². The maximum atomic E-state index is 12.3. The van der Waals surface area contributed by atoms with E-state index in [1.807, 2.05) is 43.3 Å². The summed E-state index contributed by atoms with van der Waals surface area (Å²) in [4.78, 5) is 12.3. The Bertz CT molecular complexity index is 894. The lowest BCUT2D eigenvalue weighted by atomic mass is 10.1. The lowest BCUT2D eigenvalue weighted by Gasteiger charge is -2.07. The van der Waals surface area contributed by atoms with Crippen molar-refractivity contribution < 1.29 is 4.79 Å². The van der Waals surface area contributed by atoms with E-state index in [0.717, 1.165) is 10.2 Å². The molecule has 0 N–H and O–H groups in total. The number of rotatable bonds is 5. The minimum atomic E-state index is 0.0379. The monoisotopic (exact) mass is 402 g/mol. The number of aromatic nitrogens is 4. The van der Waals surface area contributed by atoms with Crippen molar-refractivity contribution in [1.29, 1.82) is 0 Å². The first-order valence-electron chi connectivity index (χ1n) is 7.32. The SMILES string of the molecule is Cc1ccc(-n2nnnc2SCC(=O)c2cccc(Br)c2)cc1C. The van der Waals surface area contributed by atoms with E-state index in [4.69, 9.17) is 0 Å². The van der Waals surface area contributed by atoms with Crippen LogP contribution < -0.4 is 0 Å². The fourth-order valence-electron chi connectivity index (χ4n) is 2.16. The third-order valence-electron chi connectivity index (χ3n) is 3.65. The third-order valence-corrected chi connectivity index (χ3v) is 5.07. The predicted molar refractivity (Wildman–Crippen MR) is 97.8 cm³/mol. The minimum absolute atomic E-state index is 0.0379. The average molecular weight is 403 g/mol. The van der Waals surface area contributed by atoms with Crippen LogP contribution in [0.5, 0.6) is 0 Å².